The van der Waals surface area contributed by atoms with Crippen molar-refractivity contribution in [3.05, 3.63) is 35.9 Å². The predicted octanol–water partition coefficient (Wildman–Crippen LogP) is 2.92. The molecular weight excluding hydrogens is 210 g/mol. The monoisotopic (exact) mass is 233 g/mol. The van der Waals surface area contributed by atoms with E-state index in [2.05, 4.69) is 18.7 Å². The van der Waals surface area contributed by atoms with E-state index in [0.717, 1.165) is 18.7 Å². The zero-order valence-corrected chi connectivity index (χ0v) is 11.4. The Morgan fingerprint density at radius 3 is 2.12 bits per heavy atom. The first kappa shape index (κ1) is 13.9. The Labute approximate surface area is 105 Å². The summed E-state index contributed by atoms with van der Waals surface area (Å²) < 4.78 is 0. The lowest BCUT2D eigenvalue weighted by molar-refractivity contribution is -0.128. The van der Waals surface area contributed by atoms with E-state index in [1.807, 2.05) is 44.2 Å². The second-order valence-corrected chi connectivity index (χ2v) is 4.82. The number of carbonyl (C=O) groups excluding carboxylic acids is 1. The summed E-state index contributed by atoms with van der Waals surface area (Å²) in [5.74, 6) is 0.285. The maximum Gasteiger partial charge on any atom is 0.156 e. The fourth-order valence-corrected chi connectivity index (χ4v) is 2.19. The number of ketones is 1. The Morgan fingerprint density at radius 2 is 1.65 bits per heavy atom. The Hall–Kier alpha value is -1.15. The van der Waals surface area contributed by atoms with Crippen LogP contribution in [0.15, 0.2) is 30.3 Å². The Bertz CT molecular complexity index is 352. The summed E-state index contributed by atoms with van der Waals surface area (Å²) in [7, 11) is 0. The topological polar surface area (TPSA) is 20.3 Å². The summed E-state index contributed by atoms with van der Waals surface area (Å²) in [5, 5.41) is 0. The summed E-state index contributed by atoms with van der Waals surface area (Å²) in [6.45, 7) is 10.0. The number of Topliss-reactive ketones (excluding diaryl/α,β-unsaturated/α-hetero) is 1. The third-order valence-corrected chi connectivity index (χ3v) is 3.44. The zero-order valence-electron chi connectivity index (χ0n) is 11.4. The highest BCUT2D eigenvalue weighted by atomic mass is 16.1. The summed E-state index contributed by atoms with van der Waals surface area (Å²) >= 11 is 0. The smallest absolute Gasteiger partial charge is 0.156 e. The maximum atomic E-state index is 12.4. The summed E-state index contributed by atoms with van der Waals surface area (Å²) in [4.78, 5) is 14.6. The van der Waals surface area contributed by atoms with Crippen molar-refractivity contribution < 1.29 is 4.79 Å². The van der Waals surface area contributed by atoms with E-state index in [4.69, 9.17) is 0 Å². The standard InChI is InChI=1S/C15H23NO/c1-5-16(6-2)15(3,4)14(17)12-13-10-8-7-9-11-13/h7-11H,5-6,12H2,1-4H3. The van der Waals surface area contributed by atoms with Crippen LogP contribution in [-0.4, -0.2) is 29.3 Å². The Morgan fingerprint density at radius 1 is 1.12 bits per heavy atom. The van der Waals surface area contributed by atoms with Crippen molar-refractivity contribution >= 4 is 5.78 Å². The van der Waals surface area contributed by atoms with Crippen molar-refractivity contribution in [3.63, 3.8) is 0 Å². The molecule has 0 N–H and O–H groups in total. The van der Waals surface area contributed by atoms with E-state index >= 15 is 0 Å². The number of rotatable bonds is 6. The van der Waals surface area contributed by atoms with Gasteiger partial charge >= 0.3 is 0 Å². The first-order valence-corrected chi connectivity index (χ1v) is 6.34. The molecule has 0 fully saturated rings. The minimum absolute atomic E-state index is 0.285. The molecule has 0 atom stereocenters. The van der Waals surface area contributed by atoms with Crippen LogP contribution in [0.25, 0.3) is 0 Å². The van der Waals surface area contributed by atoms with Crippen LogP contribution < -0.4 is 0 Å². The first-order valence-electron chi connectivity index (χ1n) is 6.34. The second kappa shape index (κ2) is 5.97. The van der Waals surface area contributed by atoms with Gasteiger partial charge in [0.2, 0.25) is 0 Å². The van der Waals surface area contributed by atoms with E-state index in [-0.39, 0.29) is 11.3 Å². The van der Waals surface area contributed by atoms with E-state index in [1.54, 1.807) is 0 Å². The highest BCUT2D eigenvalue weighted by Crippen LogP contribution is 2.17. The molecule has 94 valence electrons. The van der Waals surface area contributed by atoms with Crippen LogP contribution in [0.3, 0.4) is 0 Å². The Balaban J connectivity index is 2.76. The van der Waals surface area contributed by atoms with Gasteiger partial charge in [-0.3, -0.25) is 9.69 Å². The number of benzene rings is 1. The molecule has 0 aliphatic carbocycles. The fourth-order valence-electron chi connectivity index (χ4n) is 2.19. The number of carbonyl (C=O) groups is 1. The SMILES string of the molecule is CCN(CC)C(C)(C)C(=O)Cc1ccccc1. The minimum atomic E-state index is -0.376. The second-order valence-electron chi connectivity index (χ2n) is 4.82. The van der Waals surface area contributed by atoms with Crippen molar-refractivity contribution in [1.82, 2.24) is 4.90 Å². The van der Waals surface area contributed by atoms with Gasteiger partial charge in [-0.15, -0.1) is 0 Å². The Kier molecular flexibility index (Phi) is 4.88. The molecule has 2 nitrogen and oxygen atoms in total. The molecule has 0 amide bonds. The molecule has 1 aromatic carbocycles. The largest absolute Gasteiger partial charge is 0.297 e. The summed E-state index contributed by atoms with van der Waals surface area (Å²) in [6, 6.07) is 9.95. The summed E-state index contributed by atoms with van der Waals surface area (Å²) in [6.07, 6.45) is 0.518. The molecule has 0 heterocycles. The van der Waals surface area contributed by atoms with Gasteiger partial charge in [-0.05, 0) is 32.5 Å². The lowest BCUT2D eigenvalue weighted by atomic mass is 9.91. The normalized spacial score (nSPS) is 11.8. The maximum absolute atomic E-state index is 12.4. The highest BCUT2D eigenvalue weighted by Gasteiger charge is 2.31. The highest BCUT2D eigenvalue weighted by molar-refractivity contribution is 5.89. The number of hydrogen-bond acceptors (Lipinski definition) is 2. The molecule has 2 heteroatoms. The molecule has 1 aromatic rings. The molecule has 0 saturated heterocycles. The number of likely N-dealkylation sites (N-methyl/N-ethyl adjacent to an activating group) is 1. The van der Waals surface area contributed by atoms with E-state index in [9.17, 15) is 4.79 Å². The van der Waals surface area contributed by atoms with Gasteiger partial charge in [0.25, 0.3) is 0 Å². The van der Waals surface area contributed by atoms with Crippen molar-refractivity contribution in [3.8, 4) is 0 Å². The average molecular weight is 233 g/mol. The molecule has 0 aliphatic rings. The van der Waals surface area contributed by atoms with Gasteiger partial charge in [0.05, 0.1) is 5.54 Å². The van der Waals surface area contributed by atoms with Gasteiger partial charge in [-0.25, -0.2) is 0 Å². The van der Waals surface area contributed by atoms with Crippen LogP contribution in [0.1, 0.15) is 33.3 Å². The van der Waals surface area contributed by atoms with Crippen LogP contribution in [0.5, 0.6) is 0 Å². The van der Waals surface area contributed by atoms with Crippen LogP contribution in [0.2, 0.25) is 0 Å². The van der Waals surface area contributed by atoms with Gasteiger partial charge in [0, 0.05) is 6.42 Å². The predicted molar refractivity (Wildman–Crippen MR) is 72.2 cm³/mol. The van der Waals surface area contributed by atoms with Crippen LogP contribution >= 0.6 is 0 Å². The van der Waals surface area contributed by atoms with Crippen molar-refractivity contribution in [2.24, 2.45) is 0 Å². The molecule has 0 aliphatic heterocycles. The molecule has 0 aromatic heterocycles. The van der Waals surface area contributed by atoms with Gasteiger partial charge < -0.3 is 0 Å². The van der Waals surface area contributed by atoms with Crippen LogP contribution in [0.4, 0.5) is 0 Å². The lowest BCUT2D eigenvalue weighted by Gasteiger charge is -2.35. The van der Waals surface area contributed by atoms with E-state index in [1.165, 1.54) is 0 Å². The molecule has 0 unspecified atom stereocenters. The van der Waals surface area contributed by atoms with E-state index in [0.29, 0.717) is 6.42 Å². The van der Waals surface area contributed by atoms with Gasteiger partial charge in [-0.2, -0.15) is 0 Å². The third kappa shape index (κ3) is 3.40. The fraction of sp³-hybridized carbons (Fsp3) is 0.533. The van der Waals surface area contributed by atoms with Crippen LogP contribution in [0, 0.1) is 0 Å². The first-order chi connectivity index (χ1) is 8.02. The van der Waals surface area contributed by atoms with Gasteiger partial charge in [-0.1, -0.05) is 44.2 Å². The molecule has 0 saturated carbocycles. The van der Waals surface area contributed by atoms with Crippen molar-refractivity contribution in [2.75, 3.05) is 13.1 Å². The van der Waals surface area contributed by atoms with Crippen molar-refractivity contribution in [2.45, 2.75) is 39.7 Å². The van der Waals surface area contributed by atoms with Gasteiger partial charge in [0.15, 0.2) is 5.78 Å². The average Bonchev–Trinajstić information content (AvgIpc) is 2.31. The zero-order chi connectivity index (χ0) is 12.9. The van der Waals surface area contributed by atoms with Gasteiger partial charge in [0.1, 0.15) is 0 Å². The lowest BCUT2D eigenvalue weighted by Crippen LogP contribution is -2.50. The molecule has 0 spiro atoms. The quantitative estimate of drug-likeness (QED) is 0.753. The molecular formula is C15H23NO. The minimum Gasteiger partial charge on any atom is -0.297 e. The number of nitrogens with zero attached hydrogens (tertiary/aromatic N) is 1. The molecule has 17 heavy (non-hydrogen) atoms. The molecule has 0 radical (unpaired) electrons. The molecule has 0 bridgehead atoms. The molecule has 1 rings (SSSR count). The summed E-state index contributed by atoms with van der Waals surface area (Å²) in [5.41, 5.74) is 0.719. The van der Waals surface area contributed by atoms with Crippen molar-refractivity contribution in [1.29, 1.82) is 0 Å². The number of hydrogen-bond donors (Lipinski definition) is 0. The van der Waals surface area contributed by atoms with Crippen LogP contribution in [-0.2, 0) is 11.2 Å². The third-order valence-electron chi connectivity index (χ3n) is 3.44. The van der Waals surface area contributed by atoms with E-state index < -0.39 is 0 Å².